The van der Waals surface area contributed by atoms with Crippen LogP contribution in [0.25, 0.3) is 0 Å². The van der Waals surface area contributed by atoms with Crippen LogP contribution in [0.3, 0.4) is 0 Å². The van der Waals surface area contributed by atoms with Gasteiger partial charge in [0.2, 0.25) is 0 Å². The SMILES string of the molecule is CSc1ccc(C(=O)N(CCN)CCc2ccccc2)cc1[N+](=O)[O-].Cl. The second-order valence-electron chi connectivity index (χ2n) is 5.46. The van der Waals surface area contributed by atoms with E-state index in [-0.39, 0.29) is 24.0 Å². The summed E-state index contributed by atoms with van der Waals surface area (Å²) in [6.07, 6.45) is 2.47. The lowest BCUT2D eigenvalue weighted by atomic mass is 10.1. The van der Waals surface area contributed by atoms with Crippen molar-refractivity contribution in [1.82, 2.24) is 4.90 Å². The van der Waals surface area contributed by atoms with Crippen molar-refractivity contribution in [2.45, 2.75) is 11.3 Å². The van der Waals surface area contributed by atoms with E-state index < -0.39 is 4.92 Å². The Balaban J connectivity index is 0.00000338. The van der Waals surface area contributed by atoms with Crippen LogP contribution >= 0.6 is 24.2 Å². The molecule has 0 spiro atoms. The molecule has 8 heteroatoms. The summed E-state index contributed by atoms with van der Waals surface area (Å²) in [6.45, 7) is 1.26. The number of benzene rings is 2. The zero-order chi connectivity index (χ0) is 18.2. The number of amides is 1. The van der Waals surface area contributed by atoms with Crippen molar-refractivity contribution in [3.05, 3.63) is 69.8 Å². The Morgan fingerprint density at radius 2 is 1.88 bits per heavy atom. The molecular weight excluding hydrogens is 374 g/mol. The van der Waals surface area contributed by atoms with Crippen LogP contribution in [0.15, 0.2) is 53.4 Å². The number of halogens is 1. The predicted octanol–water partition coefficient (Wildman–Crippen LogP) is 3.38. The summed E-state index contributed by atoms with van der Waals surface area (Å²) < 4.78 is 0. The Morgan fingerprint density at radius 3 is 2.46 bits per heavy atom. The summed E-state index contributed by atoms with van der Waals surface area (Å²) in [5.41, 5.74) is 7.02. The van der Waals surface area contributed by atoms with E-state index >= 15 is 0 Å². The molecule has 0 heterocycles. The van der Waals surface area contributed by atoms with Crippen molar-refractivity contribution >= 4 is 35.8 Å². The molecule has 2 N–H and O–H groups in total. The number of nitrogens with two attached hydrogens (primary N) is 1. The summed E-state index contributed by atoms with van der Waals surface area (Å²) in [4.78, 5) is 25.7. The highest BCUT2D eigenvalue weighted by atomic mass is 35.5. The molecule has 0 saturated carbocycles. The van der Waals surface area contributed by atoms with E-state index in [9.17, 15) is 14.9 Å². The third kappa shape index (κ3) is 5.72. The molecule has 0 saturated heterocycles. The number of nitrogens with zero attached hydrogens (tertiary/aromatic N) is 2. The molecule has 140 valence electrons. The number of nitro groups is 1. The molecule has 6 nitrogen and oxygen atoms in total. The first-order valence-corrected chi connectivity index (χ1v) is 9.15. The van der Waals surface area contributed by atoms with Crippen molar-refractivity contribution in [1.29, 1.82) is 0 Å². The third-order valence-electron chi connectivity index (χ3n) is 3.82. The van der Waals surface area contributed by atoms with Gasteiger partial charge in [0.05, 0.1) is 9.82 Å². The standard InChI is InChI=1S/C18H21N3O3S.ClH/c1-25-17-8-7-15(13-16(17)21(23)24)18(22)20(12-10-19)11-9-14-5-3-2-4-6-14;/h2-8,13H,9-12,19H2,1H3;1H. The molecule has 26 heavy (non-hydrogen) atoms. The number of carbonyl (C=O) groups excluding carboxylic acids is 1. The van der Waals surface area contributed by atoms with Gasteiger partial charge < -0.3 is 10.6 Å². The first kappa shape index (κ1) is 22.0. The van der Waals surface area contributed by atoms with Gasteiger partial charge in [-0.15, -0.1) is 24.2 Å². The average Bonchev–Trinajstić information content (AvgIpc) is 2.64. The smallest absolute Gasteiger partial charge is 0.283 e. The molecule has 0 aliphatic heterocycles. The van der Waals surface area contributed by atoms with E-state index in [4.69, 9.17) is 5.73 Å². The quantitative estimate of drug-likeness (QED) is 0.420. The molecule has 2 aromatic rings. The zero-order valence-corrected chi connectivity index (χ0v) is 16.1. The van der Waals surface area contributed by atoms with Crippen LogP contribution in [0, 0.1) is 10.1 Å². The van der Waals surface area contributed by atoms with Crippen LogP contribution in [0.2, 0.25) is 0 Å². The van der Waals surface area contributed by atoms with Gasteiger partial charge >= 0.3 is 0 Å². The van der Waals surface area contributed by atoms with Crippen molar-refractivity contribution in [3.63, 3.8) is 0 Å². The lowest BCUT2D eigenvalue weighted by Gasteiger charge is -2.22. The van der Waals surface area contributed by atoms with Crippen molar-refractivity contribution in [2.24, 2.45) is 5.73 Å². The van der Waals surface area contributed by atoms with Crippen LogP contribution < -0.4 is 5.73 Å². The Labute approximate surface area is 163 Å². The number of rotatable bonds is 8. The van der Waals surface area contributed by atoms with E-state index in [1.807, 2.05) is 30.3 Å². The first-order valence-electron chi connectivity index (χ1n) is 7.92. The van der Waals surface area contributed by atoms with Gasteiger partial charge in [-0.25, -0.2) is 0 Å². The molecule has 0 aliphatic rings. The number of nitro benzene ring substituents is 1. The molecule has 2 aromatic carbocycles. The fourth-order valence-corrected chi connectivity index (χ4v) is 3.07. The topological polar surface area (TPSA) is 89.5 Å². The summed E-state index contributed by atoms with van der Waals surface area (Å²) in [5.74, 6) is -0.239. The second-order valence-corrected chi connectivity index (χ2v) is 6.31. The maximum absolute atomic E-state index is 12.8. The fourth-order valence-electron chi connectivity index (χ4n) is 2.53. The summed E-state index contributed by atoms with van der Waals surface area (Å²) in [7, 11) is 0. The van der Waals surface area contributed by atoms with Gasteiger partial charge in [0.25, 0.3) is 11.6 Å². The molecule has 1 amide bonds. The minimum Gasteiger partial charge on any atom is -0.337 e. The van der Waals surface area contributed by atoms with E-state index in [0.29, 0.717) is 36.5 Å². The minimum atomic E-state index is -0.458. The molecule has 0 bridgehead atoms. The lowest BCUT2D eigenvalue weighted by molar-refractivity contribution is -0.387. The Hall–Kier alpha value is -2.09. The molecule has 0 radical (unpaired) electrons. The number of thioether (sulfide) groups is 1. The van der Waals surface area contributed by atoms with Gasteiger partial charge in [-0.1, -0.05) is 30.3 Å². The number of hydrogen-bond acceptors (Lipinski definition) is 5. The Morgan fingerprint density at radius 1 is 1.19 bits per heavy atom. The van der Waals surface area contributed by atoms with Crippen LogP contribution in [0.4, 0.5) is 5.69 Å². The highest BCUT2D eigenvalue weighted by molar-refractivity contribution is 7.98. The maximum atomic E-state index is 12.8. The highest BCUT2D eigenvalue weighted by Crippen LogP contribution is 2.28. The molecule has 0 aliphatic carbocycles. The van der Waals surface area contributed by atoms with Crippen LogP contribution in [0.5, 0.6) is 0 Å². The summed E-state index contributed by atoms with van der Waals surface area (Å²) in [6, 6.07) is 14.5. The molecule has 0 fully saturated rings. The van der Waals surface area contributed by atoms with Gasteiger partial charge in [0.15, 0.2) is 0 Å². The van der Waals surface area contributed by atoms with Gasteiger partial charge in [-0.3, -0.25) is 14.9 Å². The minimum absolute atomic E-state index is 0. The Kier molecular flexibility index (Phi) is 9.12. The van der Waals surface area contributed by atoms with E-state index in [1.54, 1.807) is 23.3 Å². The fraction of sp³-hybridized carbons (Fsp3) is 0.278. The van der Waals surface area contributed by atoms with Crippen LogP contribution in [-0.2, 0) is 6.42 Å². The largest absolute Gasteiger partial charge is 0.337 e. The van der Waals surface area contributed by atoms with E-state index in [1.165, 1.54) is 17.8 Å². The summed E-state index contributed by atoms with van der Waals surface area (Å²) >= 11 is 1.28. The number of hydrogen-bond donors (Lipinski definition) is 1. The normalized spacial score (nSPS) is 10.1. The molecule has 0 unspecified atom stereocenters. The van der Waals surface area contributed by atoms with Crippen LogP contribution in [-0.4, -0.2) is 41.6 Å². The summed E-state index contributed by atoms with van der Waals surface area (Å²) in [5, 5.41) is 11.2. The molecule has 2 rings (SSSR count). The van der Waals surface area contributed by atoms with E-state index in [0.717, 1.165) is 5.56 Å². The second kappa shape index (κ2) is 10.8. The molecule has 0 aromatic heterocycles. The zero-order valence-electron chi connectivity index (χ0n) is 14.5. The van der Waals surface area contributed by atoms with Crippen molar-refractivity contribution < 1.29 is 9.72 Å². The maximum Gasteiger partial charge on any atom is 0.283 e. The molecule has 0 atom stereocenters. The Bertz CT molecular complexity index is 744. The third-order valence-corrected chi connectivity index (χ3v) is 4.61. The monoisotopic (exact) mass is 395 g/mol. The van der Waals surface area contributed by atoms with E-state index in [2.05, 4.69) is 0 Å². The van der Waals surface area contributed by atoms with Gasteiger partial charge in [-0.2, -0.15) is 0 Å². The van der Waals surface area contributed by atoms with Gasteiger partial charge in [-0.05, 0) is 30.4 Å². The van der Waals surface area contributed by atoms with Gasteiger partial charge in [0.1, 0.15) is 0 Å². The number of carbonyl (C=O) groups is 1. The predicted molar refractivity (Wildman–Crippen MR) is 107 cm³/mol. The highest BCUT2D eigenvalue weighted by Gasteiger charge is 2.20. The first-order chi connectivity index (χ1) is 12.1. The average molecular weight is 396 g/mol. The van der Waals surface area contributed by atoms with Crippen molar-refractivity contribution in [2.75, 3.05) is 25.9 Å². The van der Waals surface area contributed by atoms with Crippen LogP contribution in [0.1, 0.15) is 15.9 Å². The molecular formula is C18H22ClN3O3S. The van der Waals surface area contributed by atoms with Gasteiger partial charge in [0, 0.05) is 31.3 Å². The van der Waals surface area contributed by atoms with Crippen molar-refractivity contribution in [3.8, 4) is 0 Å². The lowest BCUT2D eigenvalue weighted by Crippen LogP contribution is -2.37.